The van der Waals surface area contributed by atoms with Crippen molar-refractivity contribution in [2.75, 3.05) is 31.1 Å². The number of hydrogen-bond acceptors (Lipinski definition) is 5. The highest BCUT2D eigenvalue weighted by atomic mass is 16.6. The summed E-state index contributed by atoms with van der Waals surface area (Å²) in [6, 6.07) is 14.6. The van der Waals surface area contributed by atoms with Crippen LogP contribution < -0.4 is 10.6 Å². The van der Waals surface area contributed by atoms with E-state index in [1.54, 1.807) is 12.1 Å². The van der Waals surface area contributed by atoms with Crippen LogP contribution in [0.4, 0.5) is 11.4 Å². The van der Waals surface area contributed by atoms with Gasteiger partial charge in [-0.1, -0.05) is 24.3 Å². The molecule has 0 aliphatic carbocycles. The molecule has 0 unspecified atom stereocenters. The largest absolute Gasteiger partial charge is 0.366 e. The number of para-hydroxylation sites is 4. The Morgan fingerprint density at radius 3 is 2.33 bits per heavy atom. The van der Waals surface area contributed by atoms with Crippen LogP contribution in [0.25, 0.3) is 11.0 Å². The zero-order chi connectivity index (χ0) is 22.9. The Balaban J connectivity index is 1.20. The Morgan fingerprint density at radius 2 is 1.61 bits per heavy atom. The Hall–Kier alpha value is -3.62. The summed E-state index contributed by atoms with van der Waals surface area (Å²) in [5.74, 6) is 0.110. The van der Waals surface area contributed by atoms with Gasteiger partial charge in [0.15, 0.2) is 0 Å². The van der Waals surface area contributed by atoms with Crippen LogP contribution in [0.1, 0.15) is 31.7 Å². The Morgan fingerprint density at radius 1 is 0.939 bits per heavy atom. The molecular weight excluding hydrogens is 422 g/mol. The molecule has 0 bridgehead atoms. The second-order valence-corrected chi connectivity index (χ2v) is 8.88. The van der Waals surface area contributed by atoms with Crippen molar-refractivity contribution in [3.63, 3.8) is 0 Å². The van der Waals surface area contributed by atoms with Gasteiger partial charge in [0.2, 0.25) is 5.91 Å². The number of imidazole rings is 1. The molecule has 2 fully saturated rings. The molecule has 33 heavy (non-hydrogen) atoms. The van der Waals surface area contributed by atoms with E-state index >= 15 is 0 Å². The topological polar surface area (TPSA) is 104 Å². The number of rotatable bonds is 4. The van der Waals surface area contributed by atoms with Gasteiger partial charge in [0, 0.05) is 44.2 Å². The second-order valence-electron chi connectivity index (χ2n) is 8.88. The lowest BCUT2D eigenvalue weighted by molar-refractivity contribution is -0.384. The third-order valence-corrected chi connectivity index (χ3v) is 7.03. The number of aromatic amines is 1. The van der Waals surface area contributed by atoms with Crippen LogP contribution in [0.3, 0.4) is 0 Å². The number of hydrogen-bond donors (Lipinski definition) is 1. The number of H-pyrrole nitrogens is 1. The van der Waals surface area contributed by atoms with Crippen molar-refractivity contribution in [2.24, 2.45) is 5.92 Å². The Bertz CT molecular complexity index is 1230. The minimum absolute atomic E-state index is 0.0589. The van der Waals surface area contributed by atoms with Gasteiger partial charge < -0.3 is 14.8 Å². The zero-order valence-corrected chi connectivity index (χ0v) is 18.4. The molecule has 9 nitrogen and oxygen atoms in total. The molecule has 0 saturated carbocycles. The quantitative estimate of drug-likeness (QED) is 0.486. The Labute approximate surface area is 190 Å². The highest BCUT2D eigenvalue weighted by molar-refractivity contribution is 5.79. The number of nitro benzene ring substituents is 1. The Kier molecular flexibility index (Phi) is 5.62. The minimum atomic E-state index is -0.351. The molecule has 0 radical (unpaired) electrons. The summed E-state index contributed by atoms with van der Waals surface area (Å²) in [6.07, 6.45) is 2.88. The number of carbonyl (C=O) groups is 1. The summed E-state index contributed by atoms with van der Waals surface area (Å²) in [5, 5.41) is 11.3. The van der Waals surface area contributed by atoms with Gasteiger partial charge in [-0.3, -0.25) is 19.5 Å². The predicted octanol–water partition coefficient (Wildman–Crippen LogP) is 3.32. The number of likely N-dealkylation sites (tertiary alicyclic amines) is 1. The summed E-state index contributed by atoms with van der Waals surface area (Å²) in [6.45, 7) is 2.53. The van der Waals surface area contributed by atoms with Crippen LogP contribution in [0.5, 0.6) is 0 Å². The number of nitrogens with zero attached hydrogens (tertiary/aromatic N) is 4. The maximum atomic E-state index is 13.2. The van der Waals surface area contributed by atoms with Gasteiger partial charge in [0.1, 0.15) is 5.69 Å². The molecule has 3 aromatic rings. The van der Waals surface area contributed by atoms with Crippen LogP contribution in [0.15, 0.2) is 53.3 Å². The van der Waals surface area contributed by atoms with Crippen LogP contribution in [0.2, 0.25) is 0 Å². The monoisotopic (exact) mass is 449 g/mol. The van der Waals surface area contributed by atoms with Gasteiger partial charge in [0.25, 0.3) is 5.69 Å². The molecule has 2 aliphatic heterocycles. The highest BCUT2D eigenvalue weighted by Crippen LogP contribution is 2.32. The lowest BCUT2D eigenvalue weighted by Gasteiger charge is -2.38. The first-order valence-corrected chi connectivity index (χ1v) is 11.5. The summed E-state index contributed by atoms with van der Waals surface area (Å²) in [4.78, 5) is 43.5. The van der Waals surface area contributed by atoms with Gasteiger partial charge >= 0.3 is 5.69 Å². The number of nitrogens with one attached hydrogen (secondary N) is 1. The van der Waals surface area contributed by atoms with Crippen LogP contribution in [-0.4, -0.2) is 51.5 Å². The number of fused-ring (bicyclic) bond motifs is 1. The van der Waals surface area contributed by atoms with Crippen molar-refractivity contribution in [3.05, 3.63) is 69.1 Å². The molecule has 9 heteroatoms. The van der Waals surface area contributed by atoms with E-state index in [4.69, 9.17) is 0 Å². The molecule has 5 rings (SSSR count). The molecule has 1 N–H and O–H groups in total. The van der Waals surface area contributed by atoms with Crippen LogP contribution in [-0.2, 0) is 4.79 Å². The van der Waals surface area contributed by atoms with Crippen molar-refractivity contribution >= 4 is 28.3 Å². The SMILES string of the molecule is O=C(C1CCN(c2ccccc2[N+](=O)[O-])CC1)N1CCC(n2c(=O)[nH]c3ccccc32)CC1. The smallest absolute Gasteiger partial charge is 0.326 e. The molecule has 0 atom stereocenters. The molecule has 2 aliphatic rings. The molecule has 172 valence electrons. The molecule has 1 amide bonds. The fourth-order valence-electron chi connectivity index (χ4n) is 5.29. The van der Waals surface area contributed by atoms with Crippen molar-refractivity contribution in [1.29, 1.82) is 0 Å². The van der Waals surface area contributed by atoms with Gasteiger partial charge in [-0.2, -0.15) is 0 Å². The predicted molar refractivity (Wildman–Crippen MR) is 125 cm³/mol. The summed E-state index contributed by atoms with van der Waals surface area (Å²) >= 11 is 0. The normalized spacial score (nSPS) is 18.1. The summed E-state index contributed by atoms with van der Waals surface area (Å²) in [5.41, 5.74) is 2.39. The van der Waals surface area contributed by atoms with Crippen molar-refractivity contribution in [1.82, 2.24) is 14.5 Å². The van der Waals surface area contributed by atoms with Crippen LogP contribution in [0, 0.1) is 16.0 Å². The number of aromatic nitrogens is 2. The number of carbonyl (C=O) groups excluding carboxylic acids is 1. The van der Waals surface area contributed by atoms with E-state index in [1.165, 1.54) is 6.07 Å². The van der Waals surface area contributed by atoms with E-state index in [0.29, 0.717) is 44.7 Å². The molecule has 0 spiro atoms. The first kappa shape index (κ1) is 21.2. The first-order valence-electron chi connectivity index (χ1n) is 11.5. The van der Waals surface area contributed by atoms with Crippen molar-refractivity contribution in [3.8, 4) is 0 Å². The zero-order valence-electron chi connectivity index (χ0n) is 18.4. The third kappa shape index (κ3) is 3.99. The van der Waals surface area contributed by atoms with E-state index < -0.39 is 0 Å². The highest BCUT2D eigenvalue weighted by Gasteiger charge is 2.33. The maximum absolute atomic E-state index is 13.2. The van der Waals surface area contributed by atoms with E-state index in [1.807, 2.05) is 44.7 Å². The molecule has 2 aromatic carbocycles. The van der Waals surface area contributed by atoms with Gasteiger partial charge in [-0.05, 0) is 43.9 Å². The fraction of sp³-hybridized carbons (Fsp3) is 0.417. The first-order chi connectivity index (χ1) is 16.0. The number of benzene rings is 2. The average Bonchev–Trinajstić information content (AvgIpc) is 3.19. The maximum Gasteiger partial charge on any atom is 0.326 e. The average molecular weight is 450 g/mol. The van der Waals surface area contributed by atoms with Crippen LogP contribution >= 0.6 is 0 Å². The summed E-state index contributed by atoms with van der Waals surface area (Å²) < 4.78 is 1.84. The number of amides is 1. The standard InChI is InChI=1S/C24H27N5O4/c30-23(17-9-13-26(14-10-17)21-7-3-4-8-22(21)29(32)33)27-15-11-18(12-16-27)28-20-6-2-1-5-19(20)25-24(28)31/h1-8,17-18H,9-16H2,(H,25,31). The number of piperidine rings is 2. The third-order valence-electron chi connectivity index (χ3n) is 7.03. The molecule has 3 heterocycles. The lowest BCUT2D eigenvalue weighted by atomic mass is 9.93. The van der Waals surface area contributed by atoms with Crippen molar-refractivity contribution in [2.45, 2.75) is 31.7 Å². The van der Waals surface area contributed by atoms with Gasteiger partial charge in [-0.25, -0.2) is 4.79 Å². The fourth-order valence-corrected chi connectivity index (χ4v) is 5.29. The second kappa shape index (κ2) is 8.73. The molecular formula is C24H27N5O4. The minimum Gasteiger partial charge on any atom is -0.366 e. The number of nitro groups is 1. The van der Waals surface area contributed by atoms with E-state index in [2.05, 4.69) is 4.98 Å². The van der Waals surface area contributed by atoms with Gasteiger partial charge in [0.05, 0.1) is 16.0 Å². The number of anilines is 1. The van der Waals surface area contributed by atoms with E-state index in [9.17, 15) is 19.7 Å². The van der Waals surface area contributed by atoms with Gasteiger partial charge in [-0.15, -0.1) is 0 Å². The van der Waals surface area contributed by atoms with Crippen molar-refractivity contribution < 1.29 is 9.72 Å². The lowest BCUT2D eigenvalue weighted by Crippen LogP contribution is -2.46. The molecule has 2 saturated heterocycles. The summed E-state index contributed by atoms with van der Waals surface area (Å²) in [7, 11) is 0. The van der Waals surface area contributed by atoms with E-state index in [-0.39, 0.29) is 34.2 Å². The van der Waals surface area contributed by atoms with E-state index in [0.717, 1.165) is 23.9 Å². The molecule has 1 aromatic heterocycles.